The van der Waals surface area contributed by atoms with Gasteiger partial charge in [-0.05, 0) is 51.0 Å². The van der Waals surface area contributed by atoms with Crippen LogP contribution in [0.3, 0.4) is 0 Å². The van der Waals surface area contributed by atoms with Gasteiger partial charge in [0.2, 0.25) is 10.0 Å². The Balaban J connectivity index is 2.03. The van der Waals surface area contributed by atoms with Crippen molar-refractivity contribution in [2.24, 2.45) is 5.41 Å². The first kappa shape index (κ1) is 17.2. The number of ether oxygens (including phenoxy) is 1. The van der Waals surface area contributed by atoms with Crippen LogP contribution in [0.2, 0.25) is 0 Å². The zero-order valence-corrected chi connectivity index (χ0v) is 14.0. The Labute approximate surface area is 132 Å². The lowest BCUT2D eigenvalue weighted by atomic mass is 9.88. The molecule has 0 atom stereocenters. The van der Waals surface area contributed by atoms with E-state index >= 15 is 0 Å². The molecule has 0 aliphatic heterocycles. The molecule has 0 spiro atoms. The first-order chi connectivity index (χ1) is 10.4. The maximum absolute atomic E-state index is 12.3. The maximum Gasteiger partial charge on any atom is 0.240 e. The standard InChI is InChI=1S/C16H25NO4S/c1-13(2)21-14-5-7-15(8-6-14)22(19,20)17-11-16(12-18)9-3-4-10-16/h5-8,13,17-18H,3-4,9-12H2,1-2H3. The second-order valence-electron chi connectivity index (χ2n) is 6.33. The summed E-state index contributed by atoms with van der Waals surface area (Å²) in [6.07, 6.45) is 3.88. The van der Waals surface area contributed by atoms with Gasteiger partial charge in [-0.15, -0.1) is 0 Å². The molecule has 1 aliphatic rings. The lowest BCUT2D eigenvalue weighted by molar-refractivity contribution is 0.134. The van der Waals surface area contributed by atoms with Gasteiger partial charge < -0.3 is 9.84 Å². The molecule has 1 fully saturated rings. The van der Waals surface area contributed by atoms with Crippen molar-refractivity contribution < 1.29 is 18.3 Å². The van der Waals surface area contributed by atoms with Gasteiger partial charge in [-0.25, -0.2) is 13.1 Å². The Bertz CT molecular complexity index is 575. The average Bonchev–Trinajstić information content (AvgIpc) is 2.95. The van der Waals surface area contributed by atoms with Gasteiger partial charge in [0.05, 0.1) is 11.0 Å². The summed E-state index contributed by atoms with van der Waals surface area (Å²) in [5.74, 6) is 0.650. The molecule has 22 heavy (non-hydrogen) atoms. The second kappa shape index (κ2) is 6.98. The summed E-state index contributed by atoms with van der Waals surface area (Å²) in [5.41, 5.74) is -0.298. The average molecular weight is 327 g/mol. The van der Waals surface area contributed by atoms with E-state index in [1.54, 1.807) is 24.3 Å². The SMILES string of the molecule is CC(C)Oc1ccc(S(=O)(=O)NCC2(CO)CCCC2)cc1. The molecule has 0 amide bonds. The predicted octanol–water partition coefficient (Wildman–Crippen LogP) is 2.30. The third-order valence-electron chi connectivity index (χ3n) is 4.14. The summed E-state index contributed by atoms with van der Waals surface area (Å²) in [4.78, 5) is 0.217. The minimum Gasteiger partial charge on any atom is -0.491 e. The number of aliphatic hydroxyl groups excluding tert-OH is 1. The van der Waals surface area contributed by atoms with Crippen LogP contribution in [0.5, 0.6) is 5.75 Å². The number of hydrogen-bond donors (Lipinski definition) is 2. The summed E-state index contributed by atoms with van der Waals surface area (Å²) >= 11 is 0. The highest BCUT2D eigenvalue weighted by atomic mass is 32.2. The minimum atomic E-state index is -3.56. The van der Waals surface area contributed by atoms with E-state index in [2.05, 4.69) is 4.72 Å². The van der Waals surface area contributed by atoms with Crippen LogP contribution in [0.25, 0.3) is 0 Å². The highest BCUT2D eigenvalue weighted by Crippen LogP contribution is 2.37. The molecular formula is C16H25NO4S. The van der Waals surface area contributed by atoms with Gasteiger partial charge in [-0.3, -0.25) is 0 Å². The maximum atomic E-state index is 12.3. The van der Waals surface area contributed by atoms with Crippen molar-refractivity contribution in [1.29, 1.82) is 0 Å². The highest BCUT2D eigenvalue weighted by molar-refractivity contribution is 7.89. The number of hydrogen-bond acceptors (Lipinski definition) is 4. The number of benzene rings is 1. The molecule has 124 valence electrons. The summed E-state index contributed by atoms with van der Waals surface area (Å²) in [7, 11) is -3.56. The van der Waals surface area contributed by atoms with E-state index in [0.717, 1.165) is 25.7 Å². The zero-order valence-electron chi connectivity index (χ0n) is 13.2. The fraction of sp³-hybridized carbons (Fsp3) is 0.625. The Morgan fingerprint density at radius 1 is 1.23 bits per heavy atom. The van der Waals surface area contributed by atoms with Crippen molar-refractivity contribution in [2.75, 3.05) is 13.2 Å². The minimum absolute atomic E-state index is 0.0245. The van der Waals surface area contributed by atoms with Gasteiger partial charge in [0.15, 0.2) is 0 Å². The smallest absolute Gasteiger partial charge is 0.240 e. The van der Waals surface area contributed by atoms with Crippen LogP contribution in [-0.4, -0.2) is 32.8 Å². The number of sulfonamides is 1. The van der Waals surface area contributed by atoms with Gasteiger partial charge in [-0.1, -0.05) is 12.8 Å². The van der Waals surface area contributed by atoms with Crippen LogP contribution >= 0.6 is 0 Å². The van der Waals surface area contributed by atoms with Gasteiger partial charge in [-0.2, -0.15) is 0 Å². The fourth-order valence-corrected chi connectivity index (χ4v) is 3.97. The summed E-state index contributed by atoms with van der Waals surface area (Å²) in [6.45, 7) is 4.15. The zero-order chi connectivity index (χ0) is 16.2. The molecule has 1 saturated carbocycles. The van der Waals surface area contributed by atoms with Crippen LogP contribution in [0.4, 0.5) is 0 Å². The van der Waals surface area contributed by atoms with E-state index in [9.17, 15) is 13.5 Å². The molecule has 0 unspecified atom stereocenters. The van der Waals surface area contributed by atoms with Crippen molar-refractivity contribution in [1.82, 2.24) is 4.72 Å². The Kier molecular flexibility index (Phi) is 5.47. The Morgan fingerprint density at radius 2 is 1.82 bits per heavy atom. The number of aliphatic hydroxyl groups is 1. The molecular weight excluding hydrogens is 302 g/mol. The second-order valence-corrected chi connectivity index (χ2v) is 8.09. The highest BCUT2D eigenvalue weighted by Gasteiger charge is 2.34. The molecule has 0 bridgehead atoms. The molecule has 2 rings (SSSR count). The van der Waals surface area contributed by atoms with Gasteiger partial charge in [0.1, 0.15) is 5.75 Å². The van der Waals surface area contributed by atoms with Crippen molar-refractivity contribution in [3.05, 3.63) is 24.3 Å². The van der Waals surface area contributed by atoms with Gasteiger partial charge >= 0.3 is 0 Å². The third kappa shape index (κ3) is 4.21. The summed E-state index contributed by atoms with van der Waals surface area (Å²) in [6, 6.07) is 6.40. The molecule has 0 saturated heterocycles. The largest absolute Gasteiger partial charge is 0.491 e. The van der Waals surface area contributed by atoms with Crippen molar-refractivity contribution in [3.8, 4) is 5.75 Å². The predicted molar refractivity (Wildman–Crippen MR) is 85.4 cm³/mol. The fourth-order valence-electron chi connectivity index (χ4n) is 2.82. The van der Waals surface area contributed by atoms with Gasteiger partial charge in [0.25, 0.3) is 0 Å². The van der Waals surface area contributed by atoms with E-state index in [1.807, 2.05) is 13.8 Å². The van der Waals surface area contributed by atoms with Crippen LogP contribution in [-0.2, 0) is 10.0 Å². The monoisotopic (exact) mass is 327 g/mol. The van der Waals surface area contributed by atoms with E-state index in [1.165, 1.54) is 0 Å². The molecule has 1 aromatic carbocycles. The molecule has 0 radical (unpaired) electrons. The van der Waals surface area contributed by atoms with E-state index in [0.29, 0.717) is 5.75 Å². The van der Waals surface area contributed by atoms with E-state index in [4.69, 9.17) is 4.74 Å². The van der Waals surface area contributed by atoms with Gasteiger partial charge in [0, 0.05) is 18.6 Å². The molecule has 1 aliphatic carbocycles. The van der Waals surface area contributed by atoms with Crippen molar-refractivity contribution >= 4 is 10.0 Å². The quantitative estimate of drug-likeness (QED) is 0.806. The molecule has 0 heterocycles. The van der Waals surface area contributed by atoms with Crippen LogP contribution in [0.15, 0.2) is 29.2 Å². The van der Waals surface area contributed by atoms with E-state index in [-0.39, 0.29) is 29.6 Å². The van der Waals surface area contributed by atoms with E-state index < -0.39 is 10.0 Å². The lowest BCUT2D eigenvalue weighted by Crippen LogP contribution is -2.38. The van der Waals surface area contributed by atoms with Crippen molar-refractivity contribution in [3.63, 3.8) is 0 Å². The molecule has 2 N–H and O–H groups in total. The first-order valence-corrected chi connectivity index (χ1v) is 9.22. The number of nitrogens with one attached hydrogen (secondary N) is 1. The molecule has 0 aromatic heterocycles. The molecule has 6 heteroatoms. The first-order valence-electron chi connectivity index (χ1n) is 7.74. The summed E-state index contributed by atoms with van der Waals surface area (Å²) in [5, 5.41) is 9.55. The van der Waals surface area contributed by atoms with Crippen LogP contribution in [0, 0.1) is 5.41 Å². The summed E-state index contributed by atoms with van der Waals surface area (Å²) < 4.78 is 32.8. The number of rotatable bonds is 7. The lowest BCUT2D eigenvalue weighted by Gasteiger charge is -2.26. The Morgan fingerprint density at radius 3 is 2.32 bits per heavy atom. The molecule has 5 nitrogen and oxygen atoms in total. The third-order valence-corrected chi connectivity index (χ3v) is 5.56. The Hall–Kier alpha value is -1.11. The van der Waals surface area contributed by atoms with Crippen molar-refractivity contribution in [2.45, 2.75) is 50.5 Å². The normalized spacial score (nSPS) is 17.8. The van der Waals surface area contributed by atoms with Crippen LogP contribution < -0.4 is 9.46 Å². The van der Waals surface area contributed by atoms with Crippen LogP contribution in [0.1, 0.15) is 39.5 Å². The topological polar surface area (TPSA) is 75.6 Å². The molecule has 1 aromatic rings.